The summed E-state index contributed by atoms with van der Waals surface area (Å²) in [7, 11) is 0. The van der Waals surface area contributed by atoms with E-state index in [1.165, 1.54) is 0 Å². The van der Waals surface area contributed by atoms with Crippen LogP contribution in [-0.2, 0) is 6.42 Å². The third-order valence-corrected chi connectivity index (χ3v) is 4.28. The molecule has 2 heterocycles. The number of rotatable bonds is 3. The van der Waals surface area contributed by atoms with Crippen LogP contribution in [0.15, 0.2) is 44.7 Å². The van der Waals surface area contributed by atoms with Crippen molar-refractivity contribution in [3.8, 4) is 10.7 Å². The first-order valence-corrected chi connectivity index (χ1v) is 7.29. The minimum Gasteiger partial charge on any atom is -0.399 e. The summed E-state index contributed by atoms with van der Waals surface area (Å²) in [6, 6.07) is 9.62. The van der Waals surface area contributed by atoms with Gasteiger partial charge < -0.3 is 10.3 Å². The van der Waals surface area contributed by atoms with Crippen LogP contribution in [0.3, 0.4) is 0 Å². The predicted octanol–water partition coefficient (Wildman–Crippen LogP) is 3.73. The van der Waals surface area contributed by atoms with Crippen LogP contribution in [0.5, 0.6) is 0 Å². The molecule has 0 bridgehead atoms. The zero-order valence-electron chi connectivity index (χ0n) is 9.84. The number of aromatic nitrogens is 2. The van der Waals surface area contributed by atoms with Crippen molar-refractivity contribution in [2.75, 3.05) is 5.73 Å². The number of hydrogen-bond donors (Lipinski definition) is 1. The van der Waals surface area contributed by atoms with Gasteiger partial charge in [0.05, 0.1) is 11.3 Å². The van der Waals surface area contributed by atoms with Crippen LogP contribution in [0, 0.1) is 0 Å². The van der Waals surface area contributed by atoms with E-state index >= 15 is 0 Å². The Morgan fingerprint density at radius 1 is 1.26 bits per heavy atom. The summed E-state index contributed by atoms with van der Waals surface area (Å²) < 4.78 is 6.29. The van der Waals surface area contributed by atoms with Gasteiger partial charge in [-0.15, -0.1) is 11.3 Å². The number of nitrogens with zero attached hydrogens (tertiary/aromatic N) is 2. The number of nitrogens with two attached hydrogens (primary N) is 1. The molecule has 1 aromatic carbocycles. The number of hydrogen-bond acceptors (Lipinski definition) is 5. The van der Waals surface area contributed by atoms with Crippen LogP contribution in [0.25, 0.3) is 10.7 Å². The lowest BCUT2D eigenvalue weighted by Crippen LogP contribution is -1.90. The van der Waals surface area contributed by atoms with Gasteiger partial charge in [0.1, 0.15) is 0 Å². The van der Waals surface area contributed by atoms with Crippen molar-refractivity contribution in [1.29, 1.82) is 0 Å². The number of anilines is 1. The van der Waals surface area contributed by atoms with Crippen molar-refractivity contribution in [2.24, 2.45) is 0 Å². The Hall–Kier alpha value is -1.66. The number of thiophene rings is 1. The first-order chi connectivity index (χ1) is 9.20. The maximum Gasteiger partial charge on any atom is 0.231 e. The van der Waals surface area contributed by atoms with Crippen molar-refractivity contribution in [3.63, 3.8) is 0 Å². The van der Waals surface area contributed by atoms with E-state index in [4.69, 9.17) is 10.3 Å². The maximum absolute atomic E-state index is 5.65. The molecule has 0 saturated heterocycles. The van der Waals surface area contributed by atoms with Gasteiger partial charge in [-0.1, -0.05) is 17.3 Å². The highest BCUT2D eigenvalue weighted by molar-refractivity contribution is 9.10. The molecule has 0 aliphatic carbocycles. The second-order valence-electron chi connectivity index (χ2n) is 4.06. The van der Waals surface area contributed by atoms with Crippen molar-refractivity contribution in [3.05, 3.63) is 51.6 Å². The molecule has 4 nitrogen and oxygen atoms in total. The van der Waals surface area contributed by atoms with Crippen LogP contribution < -0.4 is 5.73 Å². The normalized spacial score (nSPS) is 10.8. The smallest absolute Gasteiger partial charge is 0.231 e. The van der Waals surface area contributed by atoms with Crippen LogP contribution in [-0.4, -0.2) is 10.1 Å². The molecule has 19 heavy (non-hydrogen) atoms. The Labute approximate surface area is 122 Å². The fourth-order valence-corrected chi connectivity index (χ4v) is 3.02. The minimum absolute atomic E-state index is 0.601. The van der Waals surface area contributed by atoms with Gasteiger partial charge in [-0.05, 0) is 39.7 Å². The van der Waals surface area contributed by atoms with Crippen LogP contribution in [0.2, 0.25) is 0 Å². The fourth-order valence-electron chi connectivity index (χ4n) is 1.67. The molecule has 96 valence electrons. The third kappa shape index (κ3) is 2.85. The Morgan fingerprint density at radius 3 is 2.74 bits per heavy atom. The first kappa shape index (κ1) is 12.4. The topological polar surface area (TPSA) is 64.9 Å². The minimum atomic E-state index is 0.601. The van der Waals surface area contributed by atoms with Crippen LogP contribution in [0.4, 0.5) is 5.69 Å². The van der Waals surface area contributed by atoms with Gasteiger partial charge in [0.15, 0.2) is 0 Å². The first-order valence-electron chi connectivity index (χ1n) is 5.62. The van der Waals surface area contributed by atoms with Gasteiger partial charge >= 0.3 is 0 Å². The molecule has 0 unspecified atom stereocenters. The Balaban J connectivity index is 1.80. The third-order valence-electron chi connectivity index (χ3n) is 2.59. The van der Waals surface area contributed by atoms with E-state index in [9.17, 15) is 0 Å². The molecule has 6 heteroatoms. The van der Waals surface area contributed by atoms with Crippen molar-refractivity contribution >= 4 is 33.0 Å². The molecule has 0 atom stereocenters. The van der Waals surface area contributed by atoms with Gasteiger partial charge in [0.25, 0.3) is 0 Å². The SMILES string of the molecule is Nc1ccc(Cc2nc(-c3cc(Br)cs3)no2)cc1. The second kappa shape index (κ2) is 5.14. The maximum atomic E-state index is 5.65. The predicted molar refractivity (Wildman–Crippen MR) is 79.0 cm³/mol. The molecule has 3 aromatic rings. The van der Waals surface area contributed by atoms with Crippen LogP contribution in [0.1, 0.15) is 11.5 Å². The van der Waals surface area contributed by atoms with Gasteiger partial charge in [0.2, 0.25) is 11.7 Å². The number of nitrogen functional groups attached to an aromatic ring is 1. The van der Waals surface area contributed by atoms with Crippen molar-refractivity contribution in [1.82, 2.24) is 10.1 Å². The lowest BCUT2D eigenvalue weighted by Gasteiger charge is -1.96. The second-order valence-corrected chi connectivity index (χ2v) is 5.89. The Morgan fingerprint density at radius 2 is 2.05 bits per heavy atom. The van der Waals surface area contributed by atoms with Gasteiger partial charge in [0, 0.05) is 15.5 Å². The summed E-state index contributed by atoms with van der Waals surface area (Å²) in [6.45, 7) is 0. The van der Waals surface area contributed by atoms with E-state index in [0.29, 0.717) is 18.1 Å². The average molecular weight is 336 g/mol. The fraction of sp³-hybridized carbons (Fsp3) is 0.0769. The number of benzene rings is 1. The lowest BCUT2D eigenvalue weighted by atomic mass is 10.1. The van der Waals surface area contributed by atoms with Crippen molar-refractivity contribution in [2.45, 2.75) is 6.42 Å². The highest BCUT2D eigenvalue weighted by atomic mass is 79.9. The molecular weight excluding hydrogens is 326 g/mol. The lowest BCUT2D eigenvalue weighted by molar-refractivity contribution is 0.386. The molecular formula is C13H10BrN3OS. The summed E-state index contributed by atoms with van der Waals surface area (Å²) in [5.74, 6) is 1.23. The molecule has 0 aliphatic rings. The van der Waals surface area contributed by atoms with E-state index in [1.54, 1.807) is 11.3 Å². The highest BCUT2D eigenvalue weighted by Crippen LogP contribution is 2.27. The molecule has 3 rings (SSSR count). The Kier molecular flexibility index (Phi) is 3.35. The standard InChI is InChI=1S/C13H10BrN3OS/c14-9-6-11(19-7-9)13-16-12(18-17-13)5-8-1-3-10(15)4-2-8/h1-4,6-7H,5,15H2. The molecule has 0 spiro atoms. The van der Waals surface area contributed by atoms with Gasteiger partial charge in [-0.25, -0.2) is 0 Å². The molecule has 2 aromatic heterocycles. The quantitative estimate of drug-likeness (QED) is 0.740. The van der Waals surface area contributed by atoms with E-state index in [0.717, 1.165) is 20.6 Å². The molecule has 0 fully saturated rings. The van der Waals surface area contributed by atoms with E-state index < -0.39 is 0 Å². The zero-order chi connectivity index (χ0) is 13.2. The molecule has 0 radical (unpaired) electrons. The molecule has 0 amide bonds. The number of halogens is 1. The van der Waals surface area contributed by atoms with E-state index in [1.807, 2.05) is 35.7 Å². The molecule has 0 saturated carbocycles. The Bertz CT molecular complexity index is 690. The van der Waals surface area contributed by atoms with Crippen molar-refractivity contribution < 1.29 is 4.52 Å². The highest BCUT2D eigenvalue weighted by Gasteiger charge is 2.11. The summed E-state index contributed by atoms with van der Waals surface area (Å²) in [6.07, 6.45) is 0.611. The summed E-state index contributed by atoms with van der Waals surface area (Å²) in [5, 5.41) is 5.98. The summed E-state index contributed by atoms with van der Waals surface area (Å²) in [4.78, 5) is 5.38. The average Bonchev–Trinajstić information content (AvgIpc) is 3.01. The van der Waals surface area contributed by atoms with E-state index in [-0.39, 0.29) is 0 Å². The molecule has 0 aliphatic heterocycles. The monoisotopic (exact) mass is 335 g/mol. The van der Waals surface area contributed by atoms with Gasteiger partial charge in [-0.3, -0.25) is 0 Å². The molecule has 2 N–H and O–H groups in total. The zero-order valence-corrected chi connectivity index (χ0v) is 12.2. The van der Waals surface area contributed by atoms with Gasteiger partial charge in [-0.2, -0.15) is 4.98 Å². The summed E-state index contributed by atoms with van der Waals surface area (Å²) in [5.41, 5.74) is 7.49. The van der Waals surface area contributed by atoms with Crippen LogP contribution >= 0.6 is 27.3 Å². The summed E-state index contributed by atoms with van der Waals surface area (Å²) >= 11 is 4.99. The van der Waals surface area contributed by atoms with E-state index in [2.05, 4.69) is 26.1 Å². The largest absolute Gasteiger partial charge is 0.399 e.